The Balaban J connectivity index is 1.50. The van der Waals surface area contributed by atoms with Gasteiger partial charge in [-0.15, -0.1) is 0 Å². The quantitative estimate of drug-likeness (QED) is 0.421. The maximum Gasteiger partial charge on any atom is 0.256 e. The van der Waals surface area contributed by atoms with Crippen molar-refractivity contribution in [3.05, 3.63) is 58.4 Å². The molecule has 1 aromatic heterocycles. The lowest BCUT2D eigenvalue weighted by atomic mass is 10.1. The maximum absolute atomic E-state index is 13.5. The fraction of sp³-hybridized carbons (Fsp3) is 0.273. The van der Waals surface area contributed by atoms with Crippen molar-refractivity contribution < 1.29 is 4.79 Å². The molecule has 2 aromatic carbocycles. The number of likely N-dealkylation sites (tertiary alicyclic amines) is 1. The fourth-order valence-corrected chi connectivity index (χ4v) is 4.59. The number of hydrogen-bond acceptors (Lipinski definition) is 5. The molecule has 3 N–H and O–H groups in total. The Morgan fingerprint density at radius 1 is 1.37 bits per heavy atom. The molecule has 2 heterocycles. The third-order valence-corrected chi connectivity index (χ3v) is 6.45. The average molecular weight is 421 g/mol. The van der Waals surface area contributed by atoms with Crippen molar-refractivity contribution in [1.29, 1.82) is 5.41 Å². The number of anilines is 1. The molecular formula is C22H21ClN6O. The Bertz CT molecular complexity index is 1190. The number of piperidine rings is 1. The van der Waals surface area contributed by atoms with E-state index in [4.69, 9.17) is 22.0 Å². The van der Waals surface area contributed by atoms with E-state index in [2.05, 4.69) is 15.5 Å². The first-order chi connectivity index (χ1) is 14.6. The number of benzene rings is 2. The summed E-state index contributed by atoms with van der Waals surface area (Å²) in [7, 11) is 0. The second-order valence-corrected chi connectivity index (χ2v) is 8.26. The number of aryl methyl sites for hydroxylation is 1. The molecule has 8 heteroatoms. The number of carbonyl (C=O) groups is 1. The molecule has 2 aliphatic rings. The molecule has 0 bridgehead atoms. The van der Waals surface area contributed by atoms with Crippen LogP contribution in [0.3, 0.4) is 0 Å². The van der Waals surface area contributed by atoms with Gasteiger partial charge in [-0.2, -0.15) is 5.10 Å². The van der Waals surface area contributed by atoms with Crippen LogP contribution in [-0.2, 0) is 0 Å². The number of carbonyl (C=O) groups excluding carboxylic acids is 1. The second-order valence-electron chi connectivity index (χ2n) is 7.85. The summed E-state index contributed by atoms with van der Waals surface area (Å²) < 4.78 is 0. The van der Waals surface area contributed by atoms with Crippen molar-refractivity contribution in [1.82, 2.24) is 14.9 Å². The molecule has 1 aliphatic heterocycles. The van der Waals surface area contributed by atoms with Gasteiger partial charge in [-0.25, -0.2) is 4.98 Å². The van der Waals surface area contributed by atoms with E-state index in [1.54, 1.807) is 6.07 Å². The normalized spacial score (nSPS) is 22.5. The zero-order valence-electron chi connectivity index (χ0n) is 16.4. The molecule has 1 aliphatic carbocycles. The van der Waals surface area contributed by atoms with Gasteiger partial charge in [0.2, 0.25) is 0 Å². The number of aromatic nitrogens is 2. The van der Waals surface area contributed by atoms with E-state index in [9.17, 15) is 4.79 Å². The van der Waals surface area contributed by atoms with Crippen molar-refractivity contribution in [3.8, 4) is 0 Å². The average Bonchev–Trinajstić information content (AvgIpc) is 3.21. The molecule has 0 spiro atoms. The van der Waals surface area contributed by atoms with E-state index in [-0.39, 0.29) is 11.9 Å². The van der Waals surface area contributed by atoms with Crippen molar-refractivity contribution in [2.75, 3.05) is 12.0 Å². The van der Waals surface area contributed by atoms with Gasteiger partial charge in [-0.05, 0) is 55.0 Å². The smallest absolute Gasteiger partial charge is 0.256 e. The number of aromatic amines is 1. The summed E-state index contributed by atoms with van der Waals surface area (Å²) in [5.41, 5.74) is 6.78. The highest BCUT2D eigenvalue weighted by Gasteiger charge is 2.55. The Morgan fingerprint density at radius 2 is 2.20 bits per heavy atom. The number of rotatable bonds is 5. The van der Waals surface area contributed by atoms with E-state index < -0.39 is 0 Å². The molecule has 2 fully saturated rings. The minimum atomic E-state index is -0.0776. The van der Waals surface area contributed by atoms with Crippen molar-refractivity contribution in [2.45, 2.75) is 19.4 Å². The molecule has 5 rings (SSSR count). The SMILES string of the molecule is Cc1c(Cl)ccc2[nH]c([C@@H]3[C@H]4C[C@H]4CN3C(=O)c3ccccc3N/N=C\C=N)nc12. The zero-order valence-corrected chi connectivity index (χ0v) is 17.1. The van der Waals surface area contributed by atoms with Gasteiger partial charge >= 0.3 is 0 Å². The molecule has 1 saturated heterocycles. The first-order valence-corrected chi connectivity index (χ1v) is 10.3. The number of nitrogens with one attached hydrogen (secondary N) is 3. The second kappa shape index (κ2) is 7.25. The Morgan fingerprint density at radius 3 is 3.03 bits per heavy atom. The lowest BCUT2D eigenvalue weighted by Crippen LogP contribution is -2.34. The minimum absolute atomic E-state index is 0.0458. The number of fused-ring (bicyclic) bond motifs is 2. The van der Waals surface area contributed by atoms with Crippen LogP contribution in [0.5, 0.6) is 0 Å². The van der Waals surface area contributed by atoms with E-state index in [0.29, 0.717) is 28.1 Å². The van der Waals surface area contributed by atoms with Crippen LogP contribution < -0.4 is 5.43 Å². The van der Waals surface area contributed by atoms with Crippen LogP contribution in [0.2, 0.25) is 5.02 Å². The van der Waals surface area contributed by atoms with Gasteiger partial charge in [0.15, 0.2) is 0 Å². The maximum atomic E-state index is 13.5. The molecule has 3 atom stereocenters. The van der Waals surface area contributed by atoms with Crippen LogP contribution in [0, 0.1) is 24.2 Å². The Kier molecular flexibility index (Phi) is 4.55. The number of para-hydroxylation sites is 1. The summed E-state index contributed by atoms with van der Waals surface area (Å²) in [6, 6.07) is 11.0. The molecule has 152 valence electrons. The van der Waals surface area contributed by atoms with Gasteiger partial charge in [0.25, 0.3) is 5.91 Å². The third kappa shape index (κ3) is 3.06. The van der Waals surface area contributed by atoms with Crippen LogP contribution in [0.1, 0.15) is 34.2 Å². The predicted octanol–water partition coefficient (Wildman–Crippen LogP) is 4.41. The van der Waals surface area contributed by atoms with Crippen LogP contribution in [0.4, 0.5) is 5.69 Å². The van der Waals surface area contributed by atoms with E-state index in [0.717, 1.165) is 41.6 Å². The summed E-state index contributed by atoms with van der Waals surface area (Å²) in [5, 5.41) is 11.7. The number of nitrogens with zero attached hydrogens (tertiary/aromatic N) is 3. The van der Waals surface area contributed by atoms with E-state index >= 15 is 0 Å². The number of hydrazone groups is 1. The third-order valence-electron chi connectivity index (χ3n) is 6.04. The largest absolute Gasteiger partial charge is 0.340 e. The van der Waals surface area contributed by atoms with Gasteiger partial charge in [-0.1, -0.05) is 23.7 Å². The van der Waals surface area contributed by atoms with Crippen LogP contribution >= 0.6 is 11.6 Å². The van der Waals surface area contributed by atoms with Crippen LogP contribution in [0.15, 0.2) is 41.5 Å². The molecule has 3 aromatic rings. The first kappa shape index (κ1) is 18.8. The number of halogens is 1. The molecule has 30 heavy (non-hydrogen) atoms. The fourth-order valence-electron chi connectivity index (χ4n) is 4.44. The van der Waals surface area contributed by atoms with Crippen molar-refractivity contribution in [2.24, 2.45) is 16.9 Å². The first-order valence-electron chi connectivity index (χ1n) is 9.91. The molecule has 0 radical (unpaired) electrons. The highest BCUT2D eigenvalue weighted by Crippen LogP contribution is 2.56. The number of H-pyrrole nitrogens is 1. The molecule has 1 amide bonds. The standard InChI is InChI=1S/C22H21ClN6O/c1-12-16(23)6-7-18-19(12)27-21(26-18)20-15-10-13(15)11-29(20)22(30)14-4-2-3-5-17(14)28-25-9-8-24/h2-9,13,15,20,24,28H,10-11H2,1H3,(H,26,27)/b24-8?,25-9-/t13-,15-,20-/m0/s1. The number of hydrogen-bond donors (Lipinski definition) is 3. The Hall–Kier alpha value is -3.19. The van der Waals surface area contributed by atoms with E-state index in [1.165, 1.54) is 6.21 Å². The van der Waals surface area contributed by atoms with Gasteiger partial charge in [0, 0.05) is 17.8 Å². The summed E-state index contributed by atoms with van der Waals surface area (Å²) >= 11 is 6.27. The molecule has 7 nitrogen and oxygen atoms in total. The molecular weight excluding hydrogens is 400 g/mol. The molecule has 0 unspecified atom stereocenters. The van der Waals surface area contributed by atoms with Gasteiger partial charge in [-0.3, -0.25) is 10.2 Å². The highest BCUT2D eigenvalue weighted by molar-refractivity contribution is 6.32. The highest BCUT2D eigenvalue weighted by atomic mass is 35.5. The monoisotopic (exact) mass is 420 g/mol. The lowest BCUT2D eigenvalue weighted by molar-refractivity contribution is 0.0700. The summed E-state index contributed by atoms with van der Waals surface area (Å²) in [6.45, 7) is 2.69. The number of amides is 1. The Labute approximate surface area is 178 Å². The summed E-state index contributed by atoms with van der Waals surface area (Å²) in [6.07, 6.45) is 3.53. The van der Waals surface area contributed by atoms with E-state index in [1.807, 2.05) is 42.2 Å². The van der Waals surface area contributed by atoms with Crippen LogP contribution in [-0.4, -0.2) is 39.7 Å². The zero-order chi connectivity index (χ0) is 20.8. The van der Waals surface area contributed by atoms with Crippen molar-refractivity contribution in [3.63, 3.8) is 0 Å². The van der Waals surface area contributed by atoms with Gasteiger partial charge in [0.1, 0.15) is 5.82 Å². The topological polar surface area (TPSA) is 97.2 Å². The number of imidazole rings is 1. The van der Waals surface area contributed by atoms with Crippen LogP contribution in [0.25, 0.3) is 11.0 Å². The summed E-state index contributed by atoms with van der Waals surface area (Å²) in [5.74, 6) is 1.73. The summed E-state index contributed by atoms with van der Waals surface area (Å²) in [4.78, 5) is 23.7. The van der Waals surface area contributed by atoms with Crippen molar-refractivity contribution >= 4 is 46.7 Å². The molecule has 1 saturated carbocycles. The predicted molar refractivity (Wildman–Crippen MR) is 119 cm³/mol. The van der Waals surface area contributed by atoms with Gasteiger partial charge < -0.3 is 15.3 Å². The minimum Gasteiger partial charge on any atom is -0.340 e. The lowest BCUT2D eigenvalue weighted by Gasteiger charge is -2.27. The van der Waals surface area contributed by atoms with Gasteiger partial charge in [0.05, 0.1) is 34.5 Å².